The molecule has 0 spiro atoms. The van der Waals surface area contributed by atoms with Crippen LogP contribution in [0.25, 0.3) is 11.3 Å². The molecule has 2 aliphatic heterocycles. The highest BCUT2D eigenvalue weighted by Gasteiger charge is 2.31. The van der Waals surface area contributed by atoms with E-state index < -0.39 is 0 Å². The molecule has 0 saturated carbocycles. The molecule has 0 radical (unpaired) electrons. The molecule has 0 aliphatic carbocycles. The van der Waals surface area contributed by atoms with Crippen molar-refractivity contribution in [3.8, 4) is 22.8 Å². The van der Waals surface area contributed by atoms with Crippen molar-refractivity contribution in [2.75, 3.05) is 26.3 Å². The molecule has 1 aromatic heterocycles. The first kappa shape index (κ1) is 14.8. The van der Waals surface area contributed by atoms with Gasteiger partial charge in [-0.25, -0.2) is 4.98 Å². The summed E-state index contributed by atoms with van der Waals surface area (Å²) in [6, 6.07) is 5.85. The fourth-order valence-electron chi connectivity index (χ4n) is 3.19. The van der Waals surface area contributed by atoms with E-state index in [1.165, 1.54) is 0 Å². The van der Waals surface area contributed by atoms with Crippen LogP contribution in [0.1, 0.15) is 18.2 Å². The van der Waals surface area contributed by atoms with Crippen LogP contribution in [-0.4, -0.2) is 47.1 Å². The van der Waals surface area contributed by atoms with Gasteiger partial charge in [0.15, 0.2) is 11.5 Å². The number of imidazole rings is 1. The quantitative estimate of drug-likeness (QED) is 0.876. The molecule has 1 atom stereocenters. The third-order valence-corrected chi connectivity index (χ3v) is 4.40. The molecule has 124 valence electrons. The summed E-state index contributed by atoms with van der Waals surface area (Å²) in [7, 11) is 0. The summed E-state index contributed by atoms with van der Waals surface area (Å²) in [5.41, 5.74) is 1.90. The Morgan fingerprint density at radius 3 is 3.00 bits per heavy atom. The molecule has 1 N–H and O–H groups in total. The van der Waals surface area contributed by atoms with Gasteiger partial charge in [-0.15, -0.1) is 6.58 Å². The number of H-pyrrole nitrogens is 1. The van der Waals surface area contributed by atoms with Gasteiger partial charge in [0.2, 0.25) is 5.91 Å². The summed E-state index contributed by atoms with van der Waals surface area (Å²) in [6.07, 6.45) is 4.05. The van der Waals surface area contributed by atoms with Gasteiger partial charge in [0.25, 0.3) is 0 Å². The van der Waals surface area contributed by atoms with Crippen LogP contribution in [0.2, 0.25) is 0 Å². The molecule has 6 heteroatoms. The van der Waals surface area contributed by atoms with Gasteiger partial charge < -0.3 is 19.4 Å². The highest BCUT2D eigenvalue weighted by molar-refractivity contribution is 5.79. The topological polar surface area (TPSA) is 67.5 Å². The Morgan fingerprint density at radius 2 is 2.17 bits per heavy atom. The number of carbonyl (C=O) groups excluding carboxylic acids is 1. The number of likely N-dealkylation sites (tertiary alicyclic amines) is 1. The summed E-state index contributed by atoms with van der Waals surface area (Å²) in [6.45, 7) is 6.11. The number of nitrogens with one attached hydrogen (secondary N) is 1. The molecule has 6 nitrogen and oxygen atoms in total. The van der Waals surface area contributed by atoms with Gasteiger partial charge in [0.1, 0.15) is 19.0 Å². The number of aromatic nitrogens is 2. The number of hydrogen-bond acceptors (Lipinski definition) is 4. The first-order valence-corrected chi connectivity index (χ1v) is 8.08. The van der Waals surface area contributed by atoms with Crippen LogP contribution in [0.3, 0.4) is 0 Å². The lowest BCUT2D eigenvalue weighted by Gasteiger charge is -2.18. The third kappa shape index (κ3) is 2.64. The molecule has 2 aliphatic rings. The normalized spacial score (nSPS) is 19.6. The van der Waals surface area contributed by atoms with Crippen LogP contribution in [-0.2, 0) is 4.79 Å². The Kier molecular flexibility index (Phi) is 3.72. The second kappa shape index (κ2) is 6.03. The number of fused-ring (bicyclic) bond motifs is 1. The van der Waals surface area contributed by atoms with Crippen LogP contribution in [0.4, 0.5) is 0 Å². The van der Waals surface area contributed by atoms with Crippen molar-refractivity contribution in [1.29, 1.82) is 0 Å². The minimum Gasteiger partial charge on any atom is -0.486 e. The fraction of sp³-hybridized carbons (Fsp3) is 0.333. The van der Waals surface area contributed by atoms with Crippen LogP contribution in [0.15, 0.2) is 37.1 Å². The maximum Gasteiger partial charge on any atom is 0.223 e. The Bertz CT molecular complexity index is 784. The van der Waals surface area contributed by atoms with Crippen molar-refractivity contribution in [1.82, 2.24) is 14.9 Å². The molecular formula is C18H19N3O3. The van der Waals surface area contributed by atoms with E-state index in [1.54, 1.807) is 12.3 Å². The molecule has 24 heavy (non-hydrogen) atoms. The number of benzene rings is 1. The van der Waals surface area contributed by atoms with Crippen molar-refractivity contribution in [2.45, 2.75) is 12.3 Å². The van der Waals surface area contributed by atoms with E-state index in [-0.39, 0.29) is 11.8 Å². The van der Waals surface area contributed by atoms with E-state index in [1.807, 2.05) is 23.1 Å². The van der Waals surface area contributed by atoms with E-state index >= 15 is 0 Å². The Balaban J connectivity index is 1.55. The summed E-state index contributed by atoms with van der Waals surface area (Å²) < 4.78 is 11.2. The zero-order valence-corrected chi connectivity index (χ0v) is 13.3. The molecule has 2 aromatic rings. The smallest absolute Gasteiger partial charge is 0.223 e. The lowest BCUT2D eigenvalue weighted by atomic mass is 10.1. The van der Waals surface area contributed by atoms with Gasteiger partial charge in [0.05, 0.1) is 11.9 Å². The maximum atomic E-state index is 12.0. The minimum atomic E-state index is 0.100. The number of rotatable bonds is 4. The molecule has 1 amide bonds. The molecule has 3 heterocycles. The van der Waals surface area contributed by atoms with E-state index in [0.717, 1.165) is 28.6 Å². The van der Waals surface area contributed by atoms with Gasteiger partial charge in [-0.3, -0.25) is 4.79 Å². The molecule has 0 bridgehead atoms. The molecular weight excluding hydrogens is 306 g/mol. The SMILES string of the molecule is C=CCN1C[C@@H](c2ncc(-c3ccc4c(c3)OCCO4)[nH]2)CC1=O. The lowest BCUT2D eigenvalue weighted by molar-refractivity contribution is -0.127. The molecule has 0 unspecified atom stereocenters. The van der Waals surface area contributed by atoms with E-state index in [9.17, 15) is 4.79 Å². The van der Waals surface area contributed by atoms with Crippen molar-refractivity contribution in [2.24, 2.45) is 0 Å². The first-order valence-electron chi connectivity index (χ1n) is 8.08. The molecule has 1 fully saturated rings. The summed E-state index contributed by atoms with van der Waals surface area (Å²) in [5.74, 6) is 2.62. The van der Waals surface area contributed by atoms with Gasteiger partial charge in [-0.1, -0.05) is 6.08 Å². The van der Waals surface area contributed by atoms with Gasteiger partial charge in [0, 0.05) is 31.0 Å². The number of aromatic amines is 1. The second-order valence-electron chi connectivity index (χ2n) is 6.03. The Labute approximate surface area is 140 Å². The van der Waals surface area contributed by atoms with Gasteiger partial charge in [-0.2, -0.15) is 0 Å². The number of hydrogen-bond donors (Lipinski definition) is 1. The average Bonchev–Trinajstić information content (AvgIpc) is 3.22. The summed E-state index contributed by atoms with van der Waals surface area (Å²) >= 11 is 0. The number of ether oxygens (including phenoxy) is 2. The summed E-state index contributed by atoms with van der Waals surface area (Å²) in [5, 5.41) is 0. The number of nitrogens with zero attached hydrogens (tertiary/aromatic N) is 2. The van der Waals surface area contributed by atoms with Crippen LogP contribution in [0, 0.1) is 0 Å². The zero-order chi connectivity index (χ0) is 16.5. The van der Waals surface area contributed by atoms with Crippen molar-refractivity contribution in [3.63, 3.8) is 0 Å². The van der Waals surface area contributed by atoms with E-state index in [2.05, 4.69) is 16.5 Å². The number of carbonyl (C=O) groups is 1. The highest BCUT2D eigenvalue weighted by atomic mass is 16.6. The lowest BCUT2D eigenvalue weighted by Crippen LogP contribution is -2.24. The average molecular weight is 325 g/mol. The van der Waals surface area contributed by atoms with E-state index in [0.29, 0.717) is 32.7 Å². The largest absolute Gasteiger partial charge is 0.486 e. The highest BCUT2D eigenvalue weighted by Crippen LogP contribution is 2.35. The Morgan fingerprint density at radius 1 is 1.33 bits per heavy atom. The number of amides is 1. The minimum absolute atomic E-state index is 0.100. The molecule has 1 saturated heterocycles. The fourth-order valence-corrected chi connectivity index (χ4v) is 3.19. The standard InChI is InChI=1S/C18H19N3O3/c1-2-5-21-11-13(9-17(21)22)18-19-10-14(20-18)12-3-4-15-16(8-12)24-7-6-23-15/h2-4,8,10,13H,1,5-7,9,11H2,(H,19,20)/t13-/m0/s1. The zero-order valence-electron chi connectivity index (χ0n) is 13.3. The predicted octanol–water partition coefficient (Wildman–Crippen LogP) is 2.35. The Hall–Kier alpha value is -2.76. The molecule has 4 rings (SSSR count). The molecule has 1 aromatic carbocycles. The second-order valence-corrected chi connectivity index (χ2v) is 6.03. The van der Waals surface area contributed by atoms with Crippen molar-refractivity contribution < 1.29 is 14.3 Å². The maximum absolute atomic E-state index is 12.0. The third-order valence-electron chi connectivity index (χ3n) is 4.40. The predicted molar refractivity (Wildman–Crippen MR) is 89.1 cm³/mol. The monoisotopic (exact) mass is 325 g/mol. The summed E-state index contributed by atoms with van der Waals surface area (Å²) in [4.78, 5) is 21.6. The van der Waals surface area contributed by atoms with E-state index in [4.69, 9.17) is 9.47 Å². The van der Waals surface area contributed by atoms with Gasteiger partial charge in [-0.05, 0) is 18.2 Å². The van der Waals surface area contributed by atoms with Crippen molar-refractivity contribution in [3.05, 3.63) is 42.9 Å². The van der Waals surface area contributed by atoms with Crippen LogP contribution >= 0.6 is 0 Å². The van der Waals surface area contributed by atoms with Crippen molar-refractivity contribution >= 4 is 5.91 Å². The van der Waals surface area contributed by atoms with Crippen LogP contribution < -0.4 is 9.47 Å². The van der Waals surface area contributed by atoms with Gasteiger partial charge >= 0.3 is 0 Å². The first-order chi connectivity index (χ1) is 11.7. The van der Waals surface area contributed by atoms with Crippen LogP contribution in [0.5, 0.6) is 11.5 Å².